The lowest BCUT2D eigenvalue weighted by Gasteiger charge is -2.21. The number of carbonyl (C=O) groups is 2. The summed E-state index contributed by atoms with van der Waals surface area (Å²) in [5.41, 5.74) is 1.48. The van der Waals surface area contributed by atoms with Crippen LogP contribution in [-0.2, 0) is 0 Å². The molecular formula is C20H25NO2. The second kappa shape index (κ2) is 7.58. The predicted octanol–water partition coefficient (Wildman–Crippen LogP) is 4.29. The predicted molar refractivity (Wildman–Crippen MR) is 91.6 cm³/mol. The molecule has 1 aromatic rings. The van der Waals surface area contributed by atoms with Crippen molar-refractivity contribution < 1.29 is 9.59 Å². The summed E-state index contributed by atoms with van der Waals surface area (Å²) in [7, 11) is 0. The number of unbranched alkanes of at least 4 members (excludes halogenated alkanes) is 1. The third-order valence-electron chi connectivity index (χ3n) is 5.04. The van der Waals surface area contributed by atoms with Crippen LogP contribution in [0.2, 0.25) is 0 Å². The molecule has 0 bridgehead atoms. The average molecular weight is 311 g/mol. The molecule has 23 heavy (non-hydrogen) atoms. The lowest BCUT2D eigenvalue weighted by Crippen LogP contribution is -2.27. The highest BCUT2D eigenvalue weighted by Gasteiger charge is 2.24. The van der Waals surface area contributed by atoms with Crippen LogP contribution in [0.5, 0.6) is 0 Å². The standard InChI is InChI=1S/C20H25NO2/c22-19-14-18(20(23)17-12-5-4-11-16(17)19)21-13-7-6-10-15-8-2-1-3-9-15/h4-5,11-12,14-15,21H,1-3,6-10,13H2. The van der Waals surface area contributed by atoms with Crippen molar-refractivity contribution in [3.05, 3.63) is 47.2 Å². The van der Waals surface area contributed by atoms with Gasteiger partial charge in [-0.05, 0) is 12.3 Å². The SMILES string of the molecule is O=C1C=C(NCCCCC2CCCCC2)C(=O)c2ccccc21. The van der Waals surface area contributed by atoms with E-state index >= 15 is 0 Å². The maximum absolute atomic E-state index is 12.4. The molecule has 1 N–H and O–H groups in total. The van der Waals surface area contributed by atoms with Gasteiger partial charge in [-0.15, -0.1) is 0 Å². The van der Waals surface area contributed by atoms with Gasteiger partial charge in [0.15, 0.2) is 5.78 Å². The van der Waals surface area contributed by atoms with Crippen LogP contribution in [0.25, 0.3) is 0 Å². The van der Waals surface area contributed by atoms with E-state index in [0.29, 0.717) is 16.8 Å². The molecule has 0 aliphatic heterocycles. The third-order valence-corrected chi connectivity index (χ3v) is 5.04. The Morgan fingerprint density at radius 3 is 2.48 bits per heavy atom. The normalized spacial score (nSPS) is 18.5. The van der Waals surface area contributed by atoms with Crippen LogP contribution >= 0.6 is 0 Å². The zero-order valence-corrected chi connectivity index (χ0v) is 13.6. The summed E-state index contributed by atoms with van der Waals surface area (Å²) in [6.07, 6.45) is 12.0. The van der Waals surface area contributed by atoms with E-state index < -0.39 is 0 Å². The van der Waals surface area contributed by atoms with Crippen molar-refractivity contribution in [2.45, 2.75) is 51.4 Å². The molecule has 1 aromatic carbocycles. The van der Waals surface area contributed by atoms with E-state index in [4.69, 9.17) is 0 Å². The number of nitrogens with one attached hydrogen (secondary N) is 1. The van der Waals surface area contributed by atoms with E-state index in [1.54, 1.807) is 24.3 Å². The number of Topliss-reactive ketones (excluding diaryl/α,β-unsaturated/α-hetero) is 1. The maximum atomic E-state index is 12.4. The lowest BCUT2D eigenvalue weighted by molar-refractivity contribution is 0.0978. The van der Waals surface area contributed by atoms with E-state index in [0.717, 1.165) is 18.9 Å². The molecule has 0 aromatic heterocycles. The van der Waals surface area contributed by atoms with E-state index in [1.807, 2.05) is 0 Å². The summed E-state index contributed by atoms with van der Waals surface area (Å²) in [5.74, 6) is 0.769. The molecule has 0 unspecified atom stereocenters. The van der Waals surface area contributed by atoms with E-state index in [2.05, 4.69) is 5.32 Å². The van der Waals surface area contributed by atoms with E-state index in [1.165, 1.54) is 51.0 Å². The molecule has 0 radical (unpaired) electrons. The Morgan fingerprint density at radius 1 is 0.957 bits per heavy atom. The van der Waals surface area contributed by atoms with Gasteiger partial charge in [-0.3, -0.25) is 9.59 Å². The van der Waals surface area contributed by atoms with Gasteiger partial charge in [0.1, 0.15) is 0 Å². The Morgan fingerprint density at radius 2 is 1.70 bits per heavy atom. The summed E-state index contributed by atoms with van der Waals surface area (Å²) in [6, 6.07) is 7.04. The van der Waals surface area contributed by atoms with Crippen LogP contribution in [0.4, 0.5) is 0 Å². The minimum atomic E-state index is -0.0788. The maximum Gasteiger partial charge on any atom is 0.209 e. The molecule has 3 nitrogen and oxygen atoms in total. The van der Waals surface area contributed by atoms with Crippen molar-refractivity contribution in [1.29, 1.82) is 0 Å². The Hall–Kier alpha value is -1.90. The summed E-state index contributed by atoms with van der Waals surface area (Å²) in [5, 5.41) is 3.17. The summed E-state index contributed by atoms with van der Waals surface area (Å²) < 4.78 is 0. The molecule has 1 saturated carbocycles. The molecule has 0 saturated heterocycles. The van der Waals surface area contributed by atoms with E-state index in [-0.39, 0.29) is 11.6 Å². The Balaban J connectivity index is 1.45. The fourth-order valence-corrected chi connectivity index (χ4v) is 3.70. The van der Waals surface area contributed by atoms with Crippen LogP contribution in [0, 0.1) is 5.92 Å². The van der Waals surface area contributed by atoms with Gasteiger partial charge in [0.05, 0.1) is 5.70 Å². The van der Waals surface area contributed by atoms with Crippen molar-refractivity contribution >= 4 is 11.6 Å². The quantitative estimate of drug-likeness (QED) is 0.797. The molecule has 0 atom stereocenters. The van der Waals surface area contributed by atoms with Crippen LogP contribution in [0.3, 0.4) is 0 Å². The number of ketones is 2. The number of allylic oxidation sites excluding steroid dienone is 2. The number of benzene rings is 1. The van der Waals surface area contributed by atoms with Crippen molar-refractivity contribution in [3.63, 3.8) is 0 Å². The van der Waals surface area contributed by atoms with Crippen molar-refractivity contribution in [1.82, 2.24) is 5.32 Å². The molecular weight excluding hydrogens is 286 g/mol. The highest BCUT2D eigenvalue weighted by molar-refractivity contribution is 6.24. The Bertz CT molecular complexity index is 612. The first-order valence-electron chi connectivity index (χ1n) is 8.89. The zero-order valence-electron chi connectivity index (χ0n) is 13.6. The number of hydrogen-bond donors (Lipinski definition) is 1. The Kier molecular flexibility index (Phi) is 5.27. The largest absolute Gasteiger partial charge is 0.382 e. The molecule has 2 aliphatic rings. The van der Waals surface area contributed by atoms with Gasteiger partial charge in [-0.2, -0.15) is 0 Å². The van der Waals surface area contributed by atoms with Crippen molar-refractivity contribution in [2.75, 3.05) is 6.54 Å². The lowest BCUT2D eigenvalue weighted by atomic mass is 9.86. The Labute approximate surface area is 138 Å². The fourth-order valence-electron chi connectivity index (χ4n) is 3.70. The smallest absolute Gasteiger partial charge is 0.209 e. The monoisotopic (exact) mass is 311 g/mol. The molecule has 0 amide bonds. The van der Waals surface area contributed by atoms with Gasteiger partial charge in [-0.25, -0.2) is 0 Å². The average Bonchev–Trinajstić information content (AvgIpc) is 2.60. The van der Waals surface area contributed by atoms with Crippen LogP contribution in [-0.4, -0.2) is 18.1 Å². The van der Waals surface area contributed by atoms with Gasteiger partial charge in [0.25, 0.3) is 0 Å². The minimum absolute atomic E-state index is 0.0625. The third kappa shape index (κ3) is 3.90. The summed E-state index contributed by atoms with van der Waals surface area (Å²) >= 11 is 0. The molecule has 2 aliphatic carbocycles. The molecule has 0 spiro atoms. The highest BCUT2D eigenvalue weighted by atomic mass is 16.1. The zero-order chi connectivity index (χ0) is 16.1. The topological polar surface area (TPSA) is 46.2 Å². The van der Waals surface area contributed by atoms with Gasteiger partial charge in [0.2, 0.25) is 5.78 Å². The highest BCUT2D eigenvalue weighted by Crippen LogP contribution is 2.27. The summed E-state index contributed by atoms with van der Waals surface area (Å²) in [6.45, 7) is 0.764. The van der Waals surface area contributed by atoms with Crippen LogP contribution in [0.15, 0.2) is 36.0 Å². The number of fused-ring (bicyclic) bond motifs is 1. The molecule has 3 rings (SSSR count). The van der Waals surface area contributed by atoms with Gasteiger partial charge < -0.3 is 5.32 Å². The summed E-state index contributed by atoms with van der Waals surface area (Å²) in [4.78, 5) is 24.5. The first-order valence-corrected chi connectivity index (χ1v) is 8.89. The van der Waals surface area contributed by atoms with Gasteiger partial charge >= 0.3 is 0 Å². The first-order chi connectivity index (χ1) is 11.3. The van der Waals surface area contributed by atoms with Crippen molar-refractivity contribution in [2.24, 2.45) is 5.92 Å². The van der Waals surface area contributed by atoms with Crippen molar-refractivity contribution in [3.8, 4) is 0 Å². The second-order valence-electron chi connectivity index (χ2n) is 6.72. The number of rotatable bonds is 6. The van der Waals surface area contributed by atoms with E-state index in [9.17, 15) is 9.59 Å². The second-order valence-corrected chi connectivity index (χ2v) is 6.72. The van der Waals surface area contributed by atoms with Crippen LogP contribution in [0.1, 0.15) is 72.1 Å². The molecule has 0 heterocycles. The van der Waals surface area contributed by atoms with Gasteiger partial charge in [0, 0.05) is 23.7 Å². The number of hydrogen-bond acceptors (Lipinski definition) is 3. The van der Waals surface area contributed by atoms with Gasteiger partial charge in [-0.1, -0.05) is 69.2 Å². The number of carbonyl (C=O) groups excluding carboxylic acids is 2. The fraction of sp³-hybridized carbons (Fsp3) is 0.500. The molecule has 3 heteroatoms. The molecule has 122 valence electrons. The minimum Gasteiger partial charge on any atom is -0.382 e. The molecule has 1 fully saturated rings. The first kappa shape index (κ1) is 16.0. The van der Waals surface area contributed by atoms with Crippen LogP contribution < -0.4 is 5.32 Å².